The molecule has 0 saturated carbocycles. The van der Waals surface area contributed by atoms with Crippen molar-refractivity contribution >= 4 is 11.4 Å². The van der Waals surface area contributed by atoms with Crippen LogP contribution in [0.15, 0.2) is 23.4 Å². The van der Waals surface area contributed by atoms with Gasteiger partial charge in [-0.1, -0.05) is 0 Å². The Labute approximate surface area is 56.6 Å². The topological polar surface area (TPSA) is 55.4 Å². The summed E-state index contributed by atoms with van der Waals surface area (Å²) in [6.45, 7) is 0. The van der Waals surface area contributed by atoms with Crippen LogP contribution in [0.3, 0.4) is 0 Å². The van der Waals surface area contributed by atoms with Crippen molar-refractivity contribution in [2.45, 2.75) is 0 Å². The van der Waals surface area contributed by atoms with Gasteiger partial charge in [-0.3, -0.25) is 0 Å². The molecular formula is C6H5FN2O. The maximum atomic E-state index is 12.4. The maximum Gasteiger partial charge on any atom is 0.152 e. The average molecular weight is 140 g/mol. The van der Waals surface area contributed by atoms with Crippen LogP contribution in [0.25, 0.3) is 0 Å². The molecule has 0 aliphatic heterocycles. The predicted octanol–water partition coefficient (Wildman–Crippen LogP) is 1.81. The fourth-order valence-corrected chi connectivity index (χ4v) is 0.600. The number of anilines is 1. The van der Waals surface area contributed by atoms with Crippen molar-refractivity contribution in [1.29, 1.82) is 0 Å². The summed E-state index contributed by atoms with van der Waals surface area (Å²) in [4.78, 5) is 9.83. The first-order chi connectivity index (χ1) is 4.74. The largest absolute Gasteiger partial charge is 0.399 e. The molecule has 10 heavy (non-hydrogen) atoms. The van der Waals surface area contributed by atoms with E-state index in [1.807, 2.05) is 0 Å². The molecule has 0 heterocycles. The summed E-state index contributed by atoms with van der Waals surface area (Å²) in [6, 6.07) is 3.65. The van der Waals surface area contributed by atoms with Gasteiger partial charge in [0.05, 0.1) is 0 Å². The summed E-state index contributed by atoms with van der Waals surface area (Å²) in [7, 11) is 0. The highest BCUT2D eigenvalue weighted by Gasteiger charge is 2.00. The van der Waals surface area contributed by atoms with Crippen molar-refractivity contribution in [2.75, 3.05) is 5.73 Å². The molecule has 0 spiro atoms. The Kier molecular flexibility index (Phi) is 1.62. The zero-order valence-electron chi connectivity index (χ0n) is 5.04. The Hall–Kier alpha value is -1.45. The fourth-order valence-electron chi connectivity index (χ4n) is 0.600. The van der Waals surface area contributed by atoms with E-state index in [4.69, 9.17) is 5.73 Å². The van der Waals surface area contributed by atoms with E-state index >= 15 is 0 Å². The lowest BCUT2D eigenvalue weighted by atomic mass is 10.3. The summed E-state index contributed by atoms with van der Waals surface area (Å²) in [5, 5.41) is 2.43. The molecule has 0 aliphatic rings. The highest BCUT2D eigenvalue weighted by Crippen LogP contribution is 2.19. The van der Waals surface area contributed by atoms with Crippen molar-refractivity contribution in [3.05, 3.63) is 28.9 Å². The van der Waals surface area contributed by atoms with E-state index in [9.17, 15) is 9.30 Å². The third-order valence-electron chi connectivity index (χ3n) is 1.07. The number of hydrogen-bond donors (Lipinski definition) is 1. The molecular weight excluding hydrogens is 135 g/mol. The Balaban J connectivity index is 3.21. The van der Waals surface area contributed by atoms with Crippen LogP contribution >= 0.6 is 0 Å². The first-order valence-electron chi connectivity index (χ1n) is 2.62. The molecule has 0 radical (unpaired) electrons. The van der Waals surface area contributed by atoms with E-state index in [2.05, 4.69) is 5.18 Å². The van der Waals surface area contributed by atoms with Crippen molar-refractivity contribution in [2.24, 2.45) is 5.18 Å². The van der Waals surface area contributed by atoms with Crippen LogP contribution in [-0.2, 0) is 0 Å². The molecule has 1 aromatic carbocycles. The molecule has 0 atom stereocenters. The Morgan fingerprint density at radius 1 is 1.50 bits per heavy atom. The van der Waals surface area contributed by atoms with Crippen molar-refractivity contribution in [1.82, 2.24) is 0 Å². The van der Waals surface area contributed by atoms with Gasteiger partial charge in [-0.15, -0.1) is 4.91 Å². The van der Waals surface area contributed by atoms with Gasteiger partial charge in [0.25, 0.3) is 0 Å². The summed E-state index contributed by atoms with van der Waals surface area (Å²) in [5.74, 6) is -0.649. The van der Waals surface area contributed by atoms with Gasteiger partial charge >= 0.3 is 0 Å². The van der Waals surface area contributed by atoms with Crippen molar-refractivity contribution < 1.29 is 4.39 Å². The maximum absolute atomic E-state index is 12.4. The summed E-state index contributed by atoms with van der Waals surface area (Å²) < 4.78 is 12.4. The molecule has 2 N–H and O–H groups in total. The third-order valence-corrected chi connectivity index (χ3v) is 1.07. The second-order valence-electron chi connectivity index (χ2n) is 1.80. The third kappa shape index (κ3) is 1.10. The minimum Gasteiger partial charge on any atom is -0.399 e. The molecule has 0 amide bonds. The molecule has 1 rings (SSSR count). The summed E-state index contributed by atoms with van der Waals surface area (Å²) in [5.41, 5.74) is 5.32. The van der Waals surface area contributed by atoms with E-state index in [-0.39, 0.29) is 5.69 Å². The smallest absolute Gasteiger partial charge is 0.152 e. The second kappa shape index (κ2) is 2.43. The van der Waals surface area contributed by atoms with E-state index in [1.165, 1.54) is 12.1 Å². The van der Waals surface area contributed by atoms with Crippen molar-refractivity contribution in [3.63, 3.8) is 0 Å². The van der Waals surface area contributed by atoms with Gasteiger partial charge in [0, 0.05) is 5.69 Å². The van der Waals surface area contributed by atoms with E-state index in [1.54, 1.807) is 0 Å². The Morgan fingerprint density at radius 2 is 2.20 bits per heavy atom. The zero-order valence-corrected chi connectivity index (χ0v) is 5.04. The number of nitrogens with zero attached hydrogens (tertiary/aromatic N) is 1. The molecule has 0 unspecified atom stereocenters. The van der Waals surface area contributed by atoms with Gasteiger partial charge in [-0.2, -0.15) is 0 Å². The number of rotatable bonds is 1. The highest BCUT2D eigenvalue weighted by molar-refractivity contribution is 5.51. The fraction of sp³-hybridized carbons (Fsp3) is 0. The minimum atomic E-state index is -0.649. The highest BCUT2D eigenvalue weighted by atomic mass is 19.1. The van der Waals surface area contributed by atoms with Gasteiger partial charge < -0.3 is 5.73 Å². The van der Waals surface area contributed by atoms with Crippen LogP contribution in [-0.4, -0.2) is 0 Å². The van der Waals surface area contributed by atoms with Gasteiger partial charge in [0.15, 0.2) is 5.82 Å². The first-order valence-corrected chi connectivity index (χ1v) is 2.62. The number of nitrogen functional groups attached to an aromatic ring is 1. The Bertz CT molecular complexity index is 262. The molecule has 0 aliphatic carbocycles. The molecule has 4 heteroatoms. The lowest BCUT2D eigenvalue weighted by Gasteiger charge is -1.93. The molecule has 0 bridgehead atoms. The number of halogens is 1. The summed E-state index contributed by atoms with van der Waals surface area (Å²) >= 11 is 0. The van der Waals surface area contributed by atoms with Crippen LogP contribution in [0.2, 0.25) is 0 Å². The lowest BCUT2D eigenvalue weighted by molar-refractivity contribution is 0.630. The first kappa shape index (κ1) is 6.67. The van der Waals surface area contributed by atoms with Gasteiger partial charge in [-0.05, 0) is 23.4 Å². The average Bonchev–Trinajstić information content (AvgIpc) is 1.94. The molecule has 3 nitrogen and oxygen atoms in total. The van der Waals surface area contributed by atoms with E-state index < -0.39 is 5.82 Å². The Morgan fingerprint density at radius 3 is 2.70 bits per heavy atom. The van der Waals surface area contributed by atoms with Crippen LogP contribution in [0.5, 0.6) is 0 Å². The minimum absolute atomic E-state index is 0.250. The van der Waals surface area contributed by atoms with Gasteiger partial charge in [-0.25, -0.2) is 4.39 Å². The van der Waals surface area contributed by atoms with Crippen LogP contribution < -0.4 is 5.73 Å². The molecule has 0 aromatic heterocycles. The van der Waals surface area contributed by atoms with E-state index in [0.29, 0.717) is 5.69 Å². The van der Waals surface area contributed by atoms with Gasteiger partial charge in [0.1, 0.15) is 5.69 Å². The molecule has 52 valence electrons. The number of nitroso groups, excluding NO2 is 1. The number of benzene rings is 1. The lowest BCUT2D eigenvalue weighted by Crippen LogP contribution is -1.84. The SMILES string of the molecule is Nc1ccc(F)c(N=O)c1. The van der Waals surface area contributed by atoms with Crippen LogP contribution in [0, 0.1) is 10.7 Å². The summed E-state index contributed by atoms with van der Waals surface area (Å²) in [6.07, 6.45) is 0. The second-order valence-corrected chi connectivity index (χ2v) is 1.80. The van der Waals surface area contributed by atoms with Gasteiger partial charge in [0.2, 0.25) is 0 Å². The van der Waals surface area contributed by atoms with Crippen LogP contribution in [0.1, 0.15) is 0 Å². The molecule has 0 saturated heterocycles. The monoisotopic (exact) mass is 140 g/mol. The molecule has 0 fully saturated rings. The standard InChI is InChI=1S/C6H5FN2O/c7-5-2-1-4(8)3-6(5)9-10/h1-3H,8H2. The molecule has 1 aromatic rings. The zero-order chi connectivity index (χ0) is 7.56. The number of hydrogen-bond acceptors (Lipinski definition) is 3. The quantitative estimate of drug-likeness (QED) is 0.477. The normalized spacial score (nSPS) is 9.30. The van der Waals surface area contributed by atoms with E-state index in [0.717, 1.165) is 6.07 Å². The predicted molar refractivity (Wildman–Crippen MR) is 36.3 cm³/mol. The van der Waals surface area contributed by atoms with Crippen molar-refractivity contribution in [3.8, 4) is 0 Å². The number of nitrogens with two attached hydrogens (primary N) is 1. The van der Waals surface area contributed by atoms with Crippen LogP contribution in [0.4, 0.5) is 15.8 Å².